The zero-order valence-corrected chi connectivity index (χ0v) is 24.6. The third-order valence-corrected chi connectivity index (χ3v) is 7.18. The van der Waals surface area contributed by atoms with Crippen LogP contribution in [0.1, 0.15) is 18.1 Å². The van der Waals surface area contributed by atoms with E-state index in [1.165, 1.54) is 14.6 Å². The van der Waals surface area contributed by atoms with Crippen molar-refractivity contribution in [3.8, 4) is 11.5 Å². The summed E-state index contributed by atoms with van der Waals surface area (Å²) in [6, 6.07) is 28.1. The van der Waals surface area contributed by atoms with Gasteiger partial charge in [-0.2, -0.15) is 0 Å². The molecule has 0 saturated carbocycles. The first-order valence-corrected chi connectivity index (χ1v) is 14.0. The van der Waals surface area contributed by atoms with Crippen LogP contribution in [0, 0.1) is 0 Å². The normalized spacial score (nSPS) is 13.5. The number of rotatable bonds is 6. The maximum absolute atomic E-state index is 12.7. The SMILES string of the molecule is CC(=O)O.COc1cccc(COc2cc3ccccc3cc2C=C2SC(Nc3cc[c]([Na])cc3)=NC2=O)c1. The molecule has 4 aromatic rings. The Labute approximate surface area is 248 Å². The van der Waals surface area contributed by atoms with Crippen molar-refractivity contribution in [2.45, 2.75) is 13.5 Å². The van der Waals surface area contributed by atoms with Gasteiger partial charge < -0.3 is 9.84 Å². The number of nitrogens with zero attached hydrogens (tertiary/aromatic N) is 1. The van der Waals surface area contributed by atoms with Crippen molar-refractivity contribution in [3.05, 3.63) is 101 Å². The first-order chi connectivity index (χ1) is 18.8. The van der Waals surface area contributed by atoms with E-state index in [1.54, 1.807) is 7.11 Å². The van der Waals surface area contributed by atoms with Crippen LogP contribution in [0.3, 0.4) is 0 Å². The summed E-state index contributed by atoms with van der Waals surface area (Å²) in [6.45, 7) is 1.46. The molecular formula is C30H25N2NaO5S. The van der Waals surface area contributed by atoms with Gasteiger partial charge >= 0.3 is 143 Å². The molecule has 5 rings (SSSR count). The number of ether oxygens (including phenoxy) is 2. The number of hydrogen-bond donors (Lipinski definition) is 2. The van der Waals surface area contributed by atoms with Gasteiger partial charge in [-0.15, -0.1) is 0 Å². The van der Waals surface area contributed by atoms with Crippen LogP contribution in [-0.4, -0.2) is 57.2 Å². The molecule has 9 heteroatoms. The van der Waals surface area contributed by atoms with Crippen LogP contribution in [0.5, 0.6) is 11.5 Å². The molecule has 0 aromatic heterocycles. The fourth-order valence-electron chi connectivity index (χ4n) is 3.76. The maximum Gasteiger partial charge on any atom is -0.0134 e. The van der Waals surface area contributed by atoms with E-state index in [2.05, 4.69) is 34.6 Å². The van der Waals surface area contributed by atoms with Gasteiger partial charge in [-0.1, -0.05) is 36.4 Å². The van der Waals surface area contributed by atoms with Crippen molar-refractivity contribution in [3.63, 3.8) is 0 Å². The number of amidine groups is 1. The Morgan fingerprint density at radius 3 is 2.41 bits per heavy atom. The van der Waals surface area contributed by atoms with Gasteiger partial charge in [0.1, 0.15) is 12.4 Å². The molecule has 1 heterocycles. The van der Waals surface area contributed by atoms with Crippen molar-refractivity contribution < 1.29 is 24.2 Å². The minimum Gasteiger partial charge on any atom is -0.0134 e. The van der Waals surface area contributed by atoms with Crippen LogP contribution in [0.4, 0.5) is 5.69 Å². The third-order valence-electron chi connectivity index (χ3n) is 5.62. The number of fused-ring (bicyclic) bond motifs is 1. The molecule has 1 aliphatic heterocycles. The first kappa shape index (κ1) is 28.4. The molecule has 0 unspecified atom stereocenters. The molecule has 1 amide bonds. The van der Waals surface area contributed by atoms with E-state index in [1.807, 2.05) is 66.7 Å². The molecule has 39 heavy (non-hydrogen) atoms. The third kappa shape index (κ3) is 8.21. The zero-order chi connectivity index (χ0) is 27.8. The van der Waals surface area contributed by atoms with Gasteiger partial charge in [0.25, 0.3) is 5.97 Å². The van der Waals surface area contributed by atoms with Crippen molar-refractivity contribution in [2.75, 3.05) is 12.4 Å². The van der Waals surface area contributed by atoms with Crippen LogP contribution in [0.25, 0.3) is 16.8 Å². The van der Waals surface area contributed by atoms with E-state index >= 15 is 0 Å². The van der Waals surface area contributed by atoms with Crippen LogP contribution >= 0.6 is 11.8 Å². The number of aliphatic imine (C=N–C) groups is 1. The molecule has 0 aliphatic carbocycles. The van der Waals surface area contributed by atoms with Crippen molar-refractivity contribution in [1.29, 1.82) is 0 Å². The number of amides is 1. The van der Waals surface area contributed by atoms with E-state index in [9.17, 15) is 4.79 Å². The summed E-state index contributed by atoms with van der Waals surface area (Å²) >= 11 is 2.34. The van der Waals surface area contributed by atoms with Crippen LogP contribution < -0.4 is 17.6 Å². The number of carboxylic acids is 1. The summed E-state index contributed by atoms with van der Waals surface area (Å²) in [5, 5.41) is 13.4. The molecule has 1 aliphatic rings. The molecule has 0 fully saturated rings. The second kappa shape index (κ2) is 13.5. The van der Waals surface area contributed by atoms with Gasteiger partial charge in [-0.25, -0.2) is 0 Å². The monoisotopic (exact) mass is 548 g/mol. The summed E-state index contributed by atoms with van der Waals surface area (Å²) in [5.74, 6) is 0.396. The first-order valence-electron chi connectivity index (χ1n) is 12.1. The summed E-state index contributed by atoms with van der Waals surface area (Å²) in [7, 11) is 1.65. The number of carboxylic acid groups (broad SMARTS) is 1. The smallest absolute Gasteiger partial charge is 0.0134 e. The summed E-state index contributed by atoms with van der Waals surface area (Å²) in [6.07, 6.45) is 1.86. The molecular weight excluding hydrogens is 523 g/mol. The number of thioether (sulfide) groups is 1. The van der Waals surface area contributed by atoms with E-state index in [4.69, 9.17) is 19.4 Å². The quantitative estimate of drug-likeness (QED) is 0.246. The number of benzene rings is 4. The van der Waals surface area contributed by atoms with E-state index in [0.717, 1.165) is 68.2 Å². The molecule has 2 N–H and O–H groups in total. The summed E-state index contributed by atoms with van der Waals surface area (Å²) in [5.41, 5.74) is 2.75. The Morgan fingerprint density at radius 2 is 1.72 bits per heavy atom. The molecule has 4 aromatic carbocycles. The molecule has 192 valence electrons. The number of carbonyl (C=O) groups is 2. The fourth-order valence-corrected chi connectivity index (χ4v) is 4.92. The average Bonchev–Trinajstić information content (AvgIpc) is 3.26. The number of carbonyl (C=O) groups excluding carboxylic acids is 1. The molecule has 0 atom stereocenters. The second-order valence-corrected chi connectivity index (χ2v) is 10.9. The van der Waals surface area contributed by atoms with Gasteiger partial charge in [0.2, 0.25) is 0 Å². The van der Waals surface area contributed by atoms with Gasteiger partial charge in [0.15, 0.2) is 0 Å². The minimum absolute atomic E-state index is 0.260. The predicted molar refractivity (Wildman–Crippen MR) is 158 cm³/mol. The van der Waals surface area contributed by atoms with E-state index in [0.29, 0.717) is 22.4 Å². The number of anilines is 1. The van der Waals surface area contributed by atoms with Crippen LogP contribution in [-0.2, 0) is 16.2 Å². The zero-order valence-electron chi connectivity index (χ0n) is 21.8. The van der Waals surface area contributed by atoms with Gasteiger partial charge in [-0.05, 0) is 23.1 Å². The molecule has 7 nitrogen and oxygen atoms in total. The largest absolute Gasteiger partial charge is 0.0134 e. The number of hydrogen-bond acceptors (Lipinski definition) is 6. The number of aliphatic carboxylic acids is 1. The van der Waals surface area contributed by atoms with Crippen LogP contribution in [0.15, 0.2) is 94.8 Å². The van der Waals surface area contributed by atoms with E-state index < -0.39 is 5.97 Å². The standard InChI is InChI=1S/C28H21N2O3S.C2H4O2.Na/c1-32-24-13-7-8-19(14-24)18-33-25-16-21-10-6-5-9-20(21)15-22(25)17-26-27(31)30-28(34-26)29-23-11-3-2-4-12-23;1-2(3)4;/h3-17H,18H2,1H3,(H,29,30,31);1H3,(H,3,4);. The van der Waals surface area contributed by atoms with Crippen molar-refractivity contribution >= 4 is 82.1 Å². The average molecular weight is 549 g/mol. The summed E-state index contributed by atoms with van der Waals surface area (Å²) in [4.78, 5) is 26.4. The Balaban J connectivity index is 0.000000826. The molecule has 0 saturated heterocycles. The van der Waals surface area contributed by atoms with Crippen LogP contribution in [0.2, 0.25) is 0 Å². The topological polar surface area (TPSA) is 97.2 Å². The second-order valence-electron chi connectivity index (χ2n) is 8.72. The molecule has 0 radical (unpaired) electrons. The Morgan fingerprint density at radius 1 is 1.03 bits per heavy atom. The van der Waals surface area contributed by atoms with Crippen molar-refractivity contribution in [1.82, 2.24) is 0 Å². The summed E-state index contributed by atoms with van der Waals surface area (Å²) < 4.78 is 12.9. The van der Waals surface area contributed by atoms with Gasteiger partial charge in [0, 0.05) is 6.92 Å². The van der Waals surface area contributed by atoms with Gasteiger partial charge in [0.05, 0.1) is 7.11 Å². The fraction of sp³-hybridized carbons (Fsp3) is 0.100. The predicted octanol–water partition coefficient (Wildman–Crippen LogP) is 5.39. The van der Waals surface area contributed by atoms with Crippen molar-refractivity contribution in [2.24, 2.45) is 4.99 Å². The van der Waals surface area contributed by atoms with E-state index in [-0.39, 0.29) is 5.91 Å². The minimum atomic E-state index is -0.833. The Kier molecular flexibility index (Phi) is 9.84. The maximum atomic E-state index is 12.7. The Hall–Kier alpha value is -3.56. The number of methoxy groups -OCH3 is 1. The number of nitrogens with one attached hydrogen (secondary N) is 1. The molecule has 0 bridgehead atoms. The molecule has 0 spiro atoms. The van der Waals surface area contributed by atoms with Gasteiger partial charge in [-0.3, -0.25) is 4.79 Å². The Bertz CT molecular complexity index is 1560.